The zero-order chi connectivity index (χ0) is 13.8. The fraction of sp³-hybridized carbons (Fsp3) is 0.235. The van der Waals surface area contributed by atoms with Crippen LogP contribution in [0.15, 0.2) is 59.6 Å². The first-order chi connectivity index (χ1) is 9.83. The summed E-state index contributed by atoms with van der Waals surface area (Å²) in [5.41, 5.74) is 9.16. The van der Waals surface area contributed by atoms with Crippen LogP contribution in [0.25, 0.3) is 0 Å². The van der Waals surface area contributed by atoms with Crippen LogP contribution in [0.1, 0.15) is 18.4 Å². The highest BCUT2D eigenvalue weighted by atomic mass is 15.1. The first-order valence-electron chi connectivity index (χ1n) is 7.07. The van der Waals surface area contributed by atoms with E-state index < -0.39 is 0 Å². The summed E-state index contributed by atoms with van der Waals surface area (Å²) in [6.07, 6.45) is 2.59. The molecule has 0 atom stereocenters. The van der Waals surface area contributed by atoms with Crippen LogP contribution in [-0.2, 0) is 0 Å². The van der Waals surface area contributed by atoms with Gasteiger partial charge in [-0.1, -0.05) is 30.3 Å². The number of hydrogen-bond donors (Lipinski definition) is 1. The Kier molecular flexibility index (Phi) is 3.68. The van der Waals surface area contributed by atoms with Gasteiger partial charge < -0.3 is 10.6 Å². The molecule has 0 unspecified atom stereocenters. The molecule has 0 saturated carbocycles. The lowest BCUT2D eigenvalue weighted by Crippen LogP contribution is -2.17. The first-order valence-corrected chi connectivity index (χ1v) is 7.07. The molecule has 1 heterocycles. The van der Waals surface area contributed by atoms with Crippen LogP contribution in [0.3, 0.4) is 0 Å². The summed E-state index contributed by atoms with van der Waals surface area (Å²) >= 11 is 0. The smallest absolute Gasteiger partial charge is 0.131 e. The van der Waals surface area contributed by atoms with Gasteiger partial charge in [0.15, 0.2) is 0 Å². The maximum atomic E-state index is 6.03. The Bertz CT molecular complexity index is 581. The lowest BCUT2D eigenvalue weighted by atomic mass is 10.2. The van der Waals surface area contributed by atoms with E-state index in [4.69, 9.17) is 5.73 Å². The van der Waals surface area contributed by atoms with Crippen LogP contribution in [0.2, 0.25) is 0 Å². The molecule has 1 aliphatic heterocycles. The molecule has 3 heteroatoms. The quantitative estimate of drug-likeness (QED) is 0.683. The van der Waals surface area contributed by atoms with Crippen molar-refractivity contribution in [3.63, 3.8) is 0 Å². The Hall–Kier alpha value is -2.29. The lowest BCUT2D eigenvalue weighted by molar-refractivity contribution is 0.949. The minimum atomic E-state index is 0.555. The number of rotatable bonds is 3. The molecule has 102 valence electrons. The van der Waals surface area contributed by atoms with E-state index >= 15 is 0 Å². The SMILES string of the molecule is NC(=Nc1ccc(N2CCCC2)cc1)c1ccccc1. The van der Waals surface area contributed by atoms with Gasteiger partial charge in [-0.05, 0) is 37.1 Å². The van der Waals surface area contributed by atoms with E-state index in [0.29, 0.717) is 5.84 Å². The third-order valence-corrected chi connectivity index (χ3v) is 3.64. The van der Waals surface area contributed by atoms with Gasteiger partial charge in [-0.25, -0.2) is 4.99 Å². The number of aliphatic imine (C=N–C) groups is 1. The summed E-state index contributed by atoms with van der Waals surface area (Å²) in [5.74, 6) is 0.555. The van der Waals surface area contributed by atoms with Gasteiger partial charge in [0.25, 0.3) is 0 Å². The van der Waals surface area contributed by atoms with E-state index in [1.54, 1.807) is 0 Å². The Labute approximate surface area is 119 Å². The molecular formula is C17H19N3. The summed E-state index contributed by atoms with van der Waals surface area (Å²) < 4.78 is 0. The number of nitrogens with zero attached hydrogens (tertiary/aromatic N) is 2. The van der Waals surface area contributed by atoms with Crippen LogP contribution < -0.4 is 10.6 Å². The molecule has 1 fully saturated rings. The lowest BCUT2D eigenvalue weighted by Gasteiger charge is -2.17. The molecule has 3 rings (SSSR count). The summed E-state index contributed by atoms with van der Waals surface area (Å²) in [4.78, 5) is 6.88. The second-order valence-corrected chi connectivity index (χ2v) is 5.07. The van der Waals surface area contributed by atoms with Crippen LogP contribution >= 0.6 is 0 Å². The van der Waals surface area contributed by atoms with Gasteiger partial charge in [0, 0.05) is 24.3 Å². The van der Waals surface area contributed by atoms with Crippen LogP contribution in [0, 0.1) is 0 Å². The summed E-state index contributed by atoms with van der Waals surface area (Å²) in [7, 11) is 0. The molecule has 1 saturated heterocycles. The Morgan fingerprint density at radius 2 is 1.55 bits per heavy atom. The Balaban J connectivity index is 1.77. The van der Waals surface area contributed by atoms with Gasteiger partial charge in [0.2, 0.25) is 0 Å². The average molecular weight is 265 g/mol. The second kappa shape index (κ2) is 5.78. The number of hydrogen-bond acceptors (Lipinski definition) is 2. The minimum absolute atomic E-state index is 0.555. The van der Waals surface area contributed by atoms with E-state index in [1.165, 1.54) is 18.5 Å². The number of anilines is 1. The van der Waals surface area contributed by atoms with Gasteiger partial charge in [0.1, 0.15) is 5.84 Å². The molecule has 0 spiro atoms. The number of nitrogens with two attached hydrogens (primary N) is 1. The van der Waals surface area contributed by atoms with E-state index in [-0.39, 0.29) is 0 Å². The summed E-state index contributed by atoms with van der Waals surface area (Å²) in [6, 6.07) is 18.2. The minimum Gasteiger partial charge on any atom is -0.383 e. The normalized spacial score (nSPS) is 15.6. The van der Waals surface area contributed by atoms with Crippen molar-refractivity contribution < 1.29 is 0 Å². The van der Waals surface area contributed by atoms with Crippen molar-refractivity contribution in [3.8, 4) is 0 Å². The van der Waals surface area contributed by atoms with Crippen molar-refractivity contribution in [3.05, 3.63) is 60.2 Å². The van der Waals surface area contributed by atoms with E-state index in [0.717, 1.165) is 24.3 Å². The Morgan fingerprint density at radius 1 is 0.900 bits per heavy atom. The summed E-state index contributed by atoms with van der Waals surface area (Å²) in [6.45, 7) is 2.32. The van der Waals surface area contributed by atoms with Gasteiger partial charge in [-0.3, -0.25) is 0 Å². The number of benzene rings is 2. The highest BCUT2D eigenvalue weighted by Gasteiger charge is 2.11. The van der Waals surface area contributed by atoms with E-state index in [1.807, 2.05) is 42.5 Å². The number of amidine groups is 1. The van der Waals surface area contributed by atoms with E-state index in [2.05, 4.69) is 22.0 Å². The highest BCUT2D eigenvalue weighted by molar-refractivity contribution is 5.99. The molecule has 3 nitrogen and oxygen atoms in total. The van der Waals surface area contributed by atoms with Gasteiger partial charge >= 0.3 is 0 Å². The van der Waals surface area contributed by atoms with Crippen LogP contribution in [0.5, 0.6) is 0 Å². The highest BCUT2D eigenvalue weighted by Crippen LogP contribution is 2.23. The van der Waals surface area contributed by atoms with Crippen LogP contribution in [-0.4, -0.2) is 18.9 Å². The van der Waals surface area contributed by atoms with Crippen molar-refractivity contribution in [1.29, 1.82) is 0 Å². The molecule has 20 heavy (non-hydrogen) atoms. The monoisotopic (exact) mass is 265 g/mol. The molecule has 1 aliphatic rings. The second-order valence-electron chi connectivity index (χ2n) is 5.07. The third kappa shape index (κ3) is 2.82. The Morgan fingerprint density at radius 3 is 2.20 bits per heavy atom. The van der Waals surface area contributed by atoms with E-state index in [9.17, 15) is 0 Å². The standard InChI is InChI=1S/C17H19N3/c18-17(14-6-2-1-3-7-14)19-15-8-10-16(11-9-15)20-12-4-5-13-20/h1-3,6-11H,4-5,12-13H2,(H2,18,19). The maximum absolute atomic E-state index is 6.03. The molecular weight excluding hydrogens is 246 g/mol. The molecule has 0 radical (unpaired) electrons. The van der Waals surface area contributed by atoms with Gasteiger partial charge in [-0.15, -0.1) is 0 Å². The third-order valence-electron chi connectivity index (χ3n) is 3.64. The van der Waals surface area contributed by atoms with Crippen molar-refractivity contribution in [1.82, 2.24) is 0 Å². The largest absolute Gasteiger partial charge is 0.383 e. The zero-order valence-electron chi connectivity index (χ0n) is 11.5. The van der Waals surface area contributed by atoms with Crippen LogP contribution in [0.4, 0.5) is 11.4 Å². The molecule has 2 aromatic carbocycles. The predicted molar refractivity (Wildman–Crippen MR) is 84.7 cm³/mol. The predicted octanol–water partition coefficient (Wildman–Crippen LogP) is 3.32. The molecule has 0 bridgehead atoms. The molecule has 0 amide bonds. The van der Waals surface area contributed by atoms with Crippen molar-refractivity contribution >= 4 is 17.2 Å². The molecule has 0 aromatic heterocycles. The zero-order valence-corrected chi connectivity index (χ0v) is 11.5. The molecule has 2 N–H and O–H groups in total. The topological polar surface area (TPSA) is 41.6 Å². The van der Waals surface area contributed by atoms with Gasteiger partial charge in [0.05, 0.1) is 5.69 Å². The van der Waals surface area contributed by atoms with Crippen molar-refractivity contribution in [2.24, 2.45) is 10.7 Å². The van der Waals surface area contributed by atoms with Crippen molar-refractivity contribution in [2.45, 2.75) is 12.8 Å². The fourth-order valence-corrected chi connectivity index (χ4v) is 2.53. The fourth-order valence-electron chi connectivity index (χ4n) is 2.53. The molecule has 0 aliphatic carbocycles. The molecule has 2 aromatic rings. The maximum Gasteiger partial charge on any atom is 0.131 e. The average Bonchev–Trinajstić information content (AvgIpc) is 3.03. The van der Waals surface area contributed by atoms with Gasteiger partial charge in [-0.2, -0.15) is 0 Å². The first kappa shape index (κ1) is 12.7. The van der Waals surface area contributed by atoms with Crippen molar-refractivity contribution in [2.75, 3.05) is 18.0 Å². The summed E-state index contributed by atoms with van der Waals surface area (Å²) in [5, 5.41) is 0.